The van der Waals surface area contributed by atoms with Gasteiger partial charge in [-0.25, -0.2) is 0 Å². The van der Waals surface area contributed by atoms with Crippen LogP contribution in [0.5, 0.6) is 0 Å². The minimum Gasteiger partial charge on any atom is -0.0622 e. The summed E-state index contributed by atoms with van der Waals surface area (Å²) in [4.78, 5) is 0. The normalized spacial score (nSPS) is 11.8. The van der Waals surface area contributed by atoms with Gasteiger partial charge >= 0.3 is 0 Å². The Labute approximate surface area is 279 Å². The largest absolute Gasteiger partial charge is 0.0622 e. The zero-order chi connectivity index (χ0) is 31.6. The third-order valence-corrected chi connectivity index (χ3v) is 10.2. The molecule has 10 aromatic rings. The van der Waals surface area contributed by atoms with Crippen LogP contribution in [0.25, 0.3) is 98.4 Å². The van der Waals surface area contributed by atoms with Crippen molar-refractivity contribution in [3.8, 4) is 44.5 Å². The third kappa shape index (κ3) is 4.03. The number of hydrogen-bond acceptors (Lipinski definition) is 0. The Morgan fingerprint density at radius 1 is 0.208 bits per heavy atom. The van der Waals surface area contributed by atoms with Crippen LogP contribution in [0.1, 0.15) is 0 Å². The second kappa shape index (κ2) is 10.7. The molecule has 0 aromatic heterocycles. The average molecular weight is 607 g/mol. The van der Waals surface area contributed by atoms with E-state index in [9.17, 15) is 0 Å². The Balaban J connectivity index is 1.24. The zero-order valence-electron chi connectivity index (χ0n) is 26.3. The molecule has 222 valence electrons. The molecule has 0 aliphatic rings. The van der Waals surface area contributed by atoms with Crippen LogP contribution in [0.4, 0.5) is 0 Å². The van der Waals surface area contributed by atoms with Crippen molar-refractivity contribution in [3.05, 3.63) is 182 Å². The lowest BCUT2D eigenvalue weighted by Crippen LogP contribution is -1.93. The Hall–Kier alpha value is -6.24. The molecule has 0 N–H and O–H groups in total. The van der Waals surface area contributed by atoms with Crippen LogP contribution >= 0.6 is 0 Å². The quantitative estimate of drug-likeness (QED) is 0.138. The van der Waals surface area contributed by atoms with Gasteiger partial charge < -0.3 is 0 Å². The first kappa shape index (κ1) is 26.9. The minimum atomic E-state index is 1.23. The molecule has 10 rings (SSSR count). The van der Waals surface area contributed by atoms with E-state index in [1.165, 1.54) is 98.4 Å². The van der Waals surface area contributed by atoms with E-state index in [2.05, 4.69) is 182 Å². The molecule has 0 unspecified atom stereocenters. The molecule has 0 atom stereocenters. The average Bonchev–Trinajstić information content (AvgIpc) is 3.16. The molecule has 0 aliphatic heterocycles. The van der Waals surface area contributed by atoms with Crippen LogP contribution in [-0.2, 0) is 0 Å². The Kier molecular flexibility index (Phi) is 5.98. The molecule has 0 fully saturated rings. The lowest BCUT2D eigenvalue weighted by Gasteiger charge is -2.21. The van der Waals surface area contributed by atoms with Crippen molar-refractivity contribution >= 4 is 53.9 Å². The Bertz CT molecular complexity index is 2730. The van der Waals surface area contributed by atoms with Crippen molar-refractivity contribution in [1.29, 1.82) is 0 Å². The minimum absolute atomic E-state index is 1.23. The molecule has 48 heavy (non-hydrogen) atoms. The van der Waals surface area contributed by atoms with Crippen LogP contribution in [0, 0.1) is 0 Å². The maximum Gasteiger partial charge on any atom is -0.00201 e. The summed E-state index contributed by atoms with van der Waals surface area (Å²) in [7, 11) is 0. The zero-order valence-corrected chi connectivity index (χ0v) is 26.3. The highest BCUT2D eigenvalue weighted by Crippen LogP contribution is 2.48. The van der Waals surface area contributed by atoms with Gasteiger partial charge in [0.25, 0.3) is 0 Å². The van der Waals surface area contributed by atoms with E-state index in [1.54, 1.807) is 0 Å². The highest BCUT2D eigenvalue weighted by atomic mass is 14.2. The fourth-order valence-corrected chi connectivity index (χ4v) is 8.10. The standard InChI is InChI=1S/C48H30/c1-2-11-31(12-3-1)32-21-23-35(24-22-32)46-40-17-6-8-19-42(40)48(43-20-9-7-18-41(43)46)39-16-5-4-15-37(39)38-29-27-36-26-25-33-13-10-14-34-28-30-44(38)47(36)45(33)34/h1-30H. The van der Waals surface area contributed by atoms with Gasteiger partial charge in [-0.2, -0.15) is 0 Å². The summed E-state index contributed by atoms with van der Waals surface area (Å²) in [6.45, 7) is 0. The van der Waals surface area contributed by atoms with Crippen molar-refractivity contribution in [2.45, 2.75) is 0 Å². The summed E-state index contributed by atoms with van der Waals surface area (Å²) < 4.78 is 0. The molecular formula is C48H30. The van der Waals surface area contributed by atoms with Gasteiger partial charge in [0.1, 0.15) is 0 Å². The van der Waals surface area contributed by atoms with Gasteiger partial charge in [0.15, 0.2) is 0 Å². The van der Waals surface area contributed by atoms with Crippen LogP contribution < -0.4 is 0 Å². The highest BCUT2D eigenvalue weighted by Gasteiger charge is 2.20. The van der Waals surface area contributed by atoms with E-state index in [4.69, 9.17) is 0 Å². The second-order valence-electron chi connectivity index (χ2n) is 12.8. The number of fused-ring (bicyclic) bond motifs is 2. The van der Waals surface area contributed by atoms with E-state index in [0.717, 1.165) is 0 Å². The summed E-state index contributed by atoms with van der Waals surface area (Å²) in [5.41, 5.74) is 10.0. The predicted octanol–water partition coefficient (Wildman–Crippen LogP) is 13.6. The molecule has 0 bridgehead atoms. The lowest BCUT2D eigenvalue weighted by atomic mass is 9.82. The van der Waals surface area contributed by atoms with Crippen molar-refractivity contribution in [1.82, 2.24) is 0 Å². The highest BCUT2D eigenvalue weighted by molar-refractivity contribution is 6.27. The first-order chi connectivity index (χ1) is 23.8. The van der Waals surface area contributed by atoms with Gasteiger partial charge in [-0.1, -0.05) is 182 Å². The second-order valence-corrected chi connectivity index (χ2v) is 12.8. The van der Waals surface area contributed by atoms with Gasteiger partial charge in [0.05, 0.1) is 0 Å². The molecule has 0 amide bonds. The summed E-state index contributed by atoms with van der Waals surface area (Å²) in [5, 5.41) is 12.9. The number of rotatable bonds is 4. The first-order valence-electron chi connectivity index (χ1n) is 16.7. The van der Waals surface area contributed by atoms with E-state index >= 15 is 0 Å². The van der Waals surface area contributed by atoms with Gasteiger partial charge in [0.2, 0.25) is 0 Å². The number of hydrogen-bond donors (Lipinski definition) is 0. The van der Waals surface area contributed by atoms with E-state index < -0.39 is 0 Å². The van der Waals surface area contributed by atoms with Gasteiger partial charge in [-0.05, 0) is 98.4 Å². The Morgan fingerprint density at radius 2 is 0.688 bits per heavy atom. The lowest BCUT2D eigenvalue weighted by molar-refractivity contribution is 1.61. The van der Waals surface area contributed by atoms with Gasteiger partial charge in [0, 0.05) is 0 Å². The summed E-state index contributed by atoms with van der Waals surface area (Å²) >= 11 is 0. The van der Waals surface area contributed by atoms with E-state index in [0.29, 0.717) is 0 Å². The maximum atomic E-state index is 2.33. The molecule has 0 nitrogen and oxygen atoms in total. The number of benzene rings is 10. The predicted molar refractivity (Wildman–Crippen MR) is 207 cm³/mol. The fourth-order valence-electron chi connectivity index (χ4n) is 8.10. The van der Waals surface area contributed by atoms with E-state index in [1.807, 2.05) is 0 Å². The molecule has 0 radical (unpaired) electrons. The fraction of sp³-hybridized carbons (Fsp3) is 0. The summed E-state index contributed by atoms with van der Waals surface area (Å²) in [6, 6.07) is 67.0. The maximum absolute atomic E-state index is 2.33. The van der Waals surface area contributed by atoms with Gasteiger partial charge in [-0.3, -0.25) is 0 Å². The molecule has 0 spiro atoms. The summed E-state index contributed by atoms with van der Waals surface area (Å²) in [5.74, 6) is 0. The van der Waals surface area contributed by atoms with Crippen molar-refractivity contribution < 1.29 is 0 Å². The molecule has 0 saturated heterocycles. The van der Waals surface area contributed by atoms with Gasteiger partial charge in [-0.15, -0.1) is 0 Å². The monoisotopic (exact) mass is 606 g/mol. The summed E-state index contributed by atoms with van der Waals surface area (Å²) in [6.07, 6.45) is 0. The van der Waals surface area contributed by atoms with Crippen molar-refractivity contribution in [3.63, 3.8) is 0 Å². The molecule has 0 saturated carbocycles. The molecule has 10 aromatic carbocycles. The molecule has 0 heteroatoms. The van der Waals surface area contributed by atoms with Crippen LogP contribution in [0.3, 0.4) is 0 Å². The van der Waals surface area contributed by atoms with Crippen molar-refractivity contribution in [2.75, 3.05) is 0 Å². The van der Waals surface area contributed by atoms with E-state index in [-0.39, 0.29) is 0 Å². The molecular weight excluding hydrogens is 577 g/mol. The topological polar surface area (TPSA) is 0 Å². The van der Waals surface area contributed by atoms with Crippen LogP contribution in [0.2, 0.25) is 0 Å². The SMILES string of the molecule is c1ccc(-c2ccc(-c3c4ccccc4c(-c4ccccc4-c4ccc5ccc6cccc7ccc4c5c67)c4ccccc34)cc2)cc1. The molecule has 0 aliphatic carbocycles. The third-order valence-electron chi connectivity index (χ3n) is 10.2. The Morgan fingerprint density at radius 3 is 1.35 bits per heavy atom. The van der Waals surface area contributed by atoms with Crippen LogP contribution in [0.15, 0.2) is 182 Å². The first-order valence-corrected chi connectivity index (χ1v) is 16.7. The smallest absolute Gasteiger partial charge is 0.00201 e. The van der Waals surface area contributed by atoms with Crippen molar-refractivity contribution in [2.24, 2.45) is 0 Å². The van der Waals surface area contributed by atoms with Crippen LogP contribution in [-0.4, -0.2) is 0 Å². The molecule has 0 heterocycles.